The van der Waals surface area contributed by atoms with Gasteiger partial charge >= 0.3 is 11.4 Å². The minimum atomic E-state index is -2.69. The van der Waals surface area contributed by atoms with Gasteiger partial charge in [0.15, 0.2) is 23.1 Å². The first-order valence-corrected chi connectivity index (χ1v) is 6.99. The summed E-state index contributed by atoms with van der Waals surface area (Å²) in [6.07, 6.45) is 0. The summed E-state index contributed by atoms with van der Waals surface area (Å²) < 4.78 is 74.4. The molecule has 0 aromatic heterocycles. The fourth-order valence-corrected chi connectivity index (χ4v) is 2.13. The van der Waals surface area contributed by atoms with Crippen molar-refractivity contribution in [2.75, 3.05) is 0 Å². The molecule has 3 nitrogen and oxygen atoms in total. The highest BCUT2D eigenvalue weighted by Gasteiger charge is 2.19. The SMILES string of the molecule is Cc1ccc(OS(=O)Oc2ccc(C)c(F)c2F)c(F)c1F. The zero-order valence-electron chi connectivity index (χ0n) is 11.5. The van der Waals surface area contributed by atoms with Gasteiger partial charge in [0.2, 0.25) is 11.6 Å². The Morgan fingerprint density at radius 2 is 1.09 bits per heavy atom. The molecule has 0 spiro atoms. The number of hydrogen-bond acceptors (Lipinski definition) is 3. The molecule has 0 atom stereocenters. The van der Waals surface area contributed by atoms with Gasteiger partial charge in [0.05, 0.1) is 0 Å². The first kappa shape index (κ1) is 16.3. The van der Waals surface area contributed by atoms with Crippen LogP contribution in [-0.2, 0) is 11.4 Å². The van der Waals surface area contributed by atoms with Gasteiger partial charge in [0.25, 0.3) is 0 Å². The summed E-state index contributed by atoms with van der Waals surface area (Å²) in [6.45, 7) is 2.67. The predicted molar refractivity (Wildman–Crippen MR) is 71.6 cm³/mol. The van der Waals surface area contributed by atoms with E-state index in [1.54, 1.807) is 0 Å². The summed E-state index contributed by atoms with van der Waals surface area (Å²) >= 11 is -2.69. The van der Waals surface area contributed by atoms with Crippen molar-refractivity contribution in [1.29, 1.82) is 0 Å². The molecule has 118 valence electrons. The largest absolute Gasteiger partial charge is 0.417 e. The summed E-state index contributed by atoms with van der Waals surface area (Å²) in [5.41, 5.74) is 0.0615. The molecule has 0 bridgehead atoms. The maximum Gasteiger partial charge on any atom is 0.417 e. The van der Waals surface area contributed by atoms with E-state index in [0.29, 0.717) is 0 Å². The maximum atomic E-state index is 13.5. The predicted octanol–water partition coefficient (Wildman–Crippen LogP) is 3.90. The lowest BCUT2D eigenvalue weighted by atomic mass is 10.2. The van der Waals surface area contributed by atoms with Crippen LogP contribution in [0.3, 0.4) is 0 Å². The minimum absolute atomic E-state index is 0.0307. The lowest BCUT2D eigenvalue weighted by Crippen LogP contribution is -2.11. The monoisotopic (exact) mass is 334 g/mol. The summed E-state index contributed by atoms with van der Waals surface area (Å²) in [5, 5.41) is 0. The topological polar surface area (TPSA) is 35.5 Å². The van der Waals surface area contributed by atoms with Crippen molar-refractivity contribution in [2.45, 2.75) is 13.8 Å². The Kier molecular flexibility index (Phi) is 4.70. The fraction of sp³-hybridized carbons (Fsp3) is 0.143. The Hall–Kier alpha value is -2.09. The van der Waals surface area contributed by atoms with Gasteiger partial charge in [-0.1, -0.05) is 12.1 Å². The molecule has 8 heteroatoms. The quantitative estimate of drug-likeness (QED) is 0.796. The van der Waals surface area contributed by atoms with Gasteiger partial charge in [-0.25, -0.2) is 8.78 Å². The van der Waals surface area contributed by atoms with Crippen LogP contribution in [0.1, 0.15) is 11.1 Å². The first-order valence-electron chi connectivity index (χ1n) is 5.99. The molecule has 0 N–H and O–H groups in total. The lowest BCUT2D eigenvalue weighted by molar-refractivity contribution is 0.407. The number of halogens is 4. The van der Waals surface area contributed by atoms with Gasteiger partial charge in [-0.2, -0.15) is 13.0 Å². The van der Waals surface area contributed by atoms with Crippen LogP contribution in [0.4, 0.5) is 17.6 Å². The molecular weight excluding hydrogens is 324 g/mol. The van der Waals surface area contributed by atoms with Crippen LogP contribution in [0.2, 0.25) is 0 Å². The van der Waals surface area contributed by atoms with E-state index in [2.05, 4.69) is 8.37 Å². The molecule has 0 saturated carbocycles. The van der Waals surface area contributed by atoms with E-state index in [4.69, 9.17) is 0 Å². The van der Waals surface area contributed by atoms with Crippen molar-refractivity contribution in [3.8, 4) is 11.5 Å². The highest BCUT2D eigenvalue weighted by Crippen LogP contribution is 2.26. The third-order valence-corrected chi connectivity index (χ3v) is 3.43. The molecule has 0 saturated heterocycles. The lowest BCUT2D eigenvalue weighted by Gasteiger charge is -2.09. The fourth-order valence-electron chi connectivity index (χ4n) is 1.55. The van der Waals surface area contributed by atoms with Crippen molar-refractivity contribution in [3.63, 3.8) is 0 Å². The molecule has 0 unspecified atom stereocenters. The smallest absolute Gasteiger partial charge is 0.368 e. The minimum Gasteiger partial charge on any atom is -0.368 e. The molecule has 2 aromatic rings. The molecule has 0 radical (unpaired) electrons. The van der Waals surface area contributed by atoms with E-state index in [0.717, 1.165) is 12.1 Å². The maximum absolute atomic E-state index is 13.5. The van der Waals surface area contributed by atoms with Crippen LogP contribution < -0.4 is 8.37 Å². The molecule has 0 aliphatic carbocycles. The molecule has 0 aliphatic rings. The van der Waals surface area contributed by atoms with E-state index < -0.39 is 46.1 Å². The molecule has 22 heavy (non-hydrogen) atoms. The van der Waals surface area contributed by atoms with Gasteiger partial charge in [-0.15, -0.1) is 0 Å². The molecule has 0 aliphatic heterocycles. The number of rotatable bonds is 4. The Morgan fingerprint density at radius 1 is 0.727 bits per heavy atom. The van der Waals surface area contributed by atoms with E-state index in [1.807, 2.05) is 0 Å². The molecular formula is C14H10F4O3S. The third kappa shape index (κ3) is 3.22. The molecule has 0 amide bonds. The molecule has 2 aromatic carbocycles. The van der Waals surface area contributed by atoms with Crippen molar-refractivity contribution in [3.05, 3.63) is 58.7 Å². The average Bonchev–Trinajstić information content (AvgIpc) is 2.48. The zero-order valence-corrected chi connectivity index (χ0v) is 12.3. The Balaban J connectivity index is 2.18. The molecule has 2 rings (SSSR count). The highest BCUT2D eigenvalue weighted by molar-refractivity contribution is 7.75. The van der Waals surface area contributed by atoms with Crippen LogP contribution in [0.25, 0.3) is 0 Å². The Morgan fingerprint density at radius 3 is 1.45 bits per heavy atom. The van der Waals surface area contributed by atoms with Crippen LogP contribution >= 0.6 is 0 Å². The van der Waals surface area contributed by atoms with E-state index >= 15 is 0 Å². The summed E-state index contributed by atoms with van der Waals surface area (Å²) in [6, 6.07) is 4.50. The first-order chi connectivity index (χ1) is 10.3. The van der Waals surface area contributed by atoms with Crippen LogP contribution in [-0.4, -0.2) is 4.21 Å². The standard InChI is InChI=1S/C14H10F4O3S/c1-7-3-5-9(13(17)11(7)15)20-22(19)21-10-6-4-8(2)12(16)14(10)18/h3-6H,1-2H3. The third-order valence-electron chi connectivity index (χ3n) is 2.80. The Labute approximate surface area is 126 Å². The summed E-state index contributed by atoms with van der Waals surface area (Å²) in [7, 11) is 0. The number of benzene rings is 2. The van der Waals surface area contributed by atoms with Gasteiger partial charge in [-0.05, 0) is 37.1 Å². The number of aryl methyl sites for hydroxylation is 2. The summed E-state index contributed by atoms with van der Waals surface area (Å²) in [5.74, 6) is -6.38. The van der Waals surface area contributed by atoms with Crippen molar-refractivity contribution >= 4 is 11.4 Å². The average molecular weight is 334 g/mol. The second-order valence-electron chi connectivity index (χ2n) is 4.39. The highest BCUT2D eigenvalue weighted by atomic mass is 32.2. The summed E-state index contributed by atoms with van der Waals surface area (Å²) in [4.78, 5) is 0. The zero-order chi connectivity index (χ0) is 16.4. The van der Waals surface area contributed by atoms with E-state index in [-0.39, 0.29) is 11.1 Å². The molecule has 0 heterocycles. The van der Waals surface area contributed by atoms with Gasteiger partial charge < -0.3 is 8.37 Å². The number of hydrogen-bond donors (Lipinski definition) is 0. The normalized spacial score (nSPS) is 10.9. The second-order valence-corrected chi connectivity index (χ2v) is 5.13. The van der Waals surface area contributed by atoms with Crippen molar-refractivity contribution < 1.29 is 30.1 Å². The van der Waals surface area contributed by atoms with Gasteiger partial charge in [-0.3, -0.25) is 0 Å². The van der Waals surface area contributed by atoms with Crippen molar-refractivity contribution in [1.82, 2.24) is 0 Å². The van der Waals surface area contributed by atoms with E-state index in [1.165, 1.54) is 26.0 Å². The van der Waals surface area contributed by atoms with Crippen LogP contribution in [0.15, 0.2) is 24.3 Å². The second kappa shape index (κ2) is 6.35. The van der Waals surface area contributed by atoms with Crippen LogP contribution in [0, 0.1) is 37.1 Å². The Bertz CT molecular complexity index is 688. The van der Waals surface area contributed by atoms with Gasteiger partial charge in [0.1, 0.15) is 0 Å². The van der Waals surface area contributed by atoms with E-state index in [9.17, 15) is 21.8 Å². The van der Waals surface area contributed by atoms with Gasteiger partial charge in [0, 0.05) is 0 Å². The van der Waals surface area contributed by atoms with Crippen LogP contribution in [0.5, 0.6) is 11.5 Å². The van der Waals surface area contributed by atoms with Crippen molar-refractivity contribution in [2.24, 2.45) is 0 Å². The molecule has 0 fully saturated rings.